The van der Waals surface area contributed by atoms with Crippen molar-refractivity contribution in [2.45, 2.75) is 19.1 Å². The lowest BCUT2D eigenvalue weighted by Gasteiger charge is -2.35. The van der Waals surface area contributed by atoms with E-state index < -0.39 is 6.10 Å². The lowest BCUT2D eigenvalue weighted by atomic mass is 10.1. The van der Waals surface area contributed by atoms with Gasteiger partial charge in [-0.3, -0.25) is 9.80 Å². The number of nitrogens with zero attached hydrogens (tertiary/aromatic N) is 3. The van der Waals surface area contributed by atoms with E-state index in [0.717, 1.165) is 51.5 Å². The Morgan fingerprint density at radius 3 is 2.59 bits per heavy atom. The van der Waals surface area contributed by atoms with E-state index >= 15 is 0 Å². The third-order valence-electron chi connectivity index (χ3n) is 5.52. The van der Waals surface area contributed by atoms with E-state index in [9.17, 15) is 5.11 Å². The van der Waals surface area contributed by atoms with Crippen LogP contribution in [-0.4, -0.2) is 66.9 Å². The van der Waals surface area contributed by atoms with E-state index in [-0.39, 0.29) is 6.61 Å². The molecule has 0 unspecified atom stereocenters. The topological polar surface area (TPSA) is 69.0 Å². The van der Waals surface area contributed by atoms with Gasteiger partial charge in [0.05, 0.1) is 18.2 Å². The number of nitriles is 1. The fraction of sp³-hybridized carbons (Fsp3) is 0.435. The van der Waals surface area contributed by atoms with Crippen LogP contribution in [0, 0.1) is 11.3 Å². The average molecular weight is 393 g/mol. The summed E-state index contributed by atoms with van der Waals surface area (Å²) in [6.45, 7) is 6.52. The Labute approximate surface area is 171 Å². The normalized spacial score (nSPS) is 17.9. The third-order valence-corrected chi connectivity index (χ3v) is 5.52. The summed E-state index contributed by atoms with van der Waals surface area (Å²) in [4.78, 5) is 4.76. The number of rotatable bonds is 7. The van der Waals surface area contributed by atoms with Crippen molar-refractivity contribution >= 4 is 0 Å². The number of β-amino-alcohol motifs (C(OH)–C–C–N with tert-alkyl or cyclic N) is 1. The molecule has 0 bridgehead atoms. The van der Waals surface area contributed by atoms with Crippen LogP contribution < -0.4 is 9.47 Å². The summed E-state index contributed by atoms with van der Waals surface area (Å²) in [6, 6.07) is 15.6. The monoisotopic (exact) mass is 393 g/mol. The number of hydrogen-bond acceptors (Lipinski definition) is 6. The first-order chi connectivity index (χ1) is 14.2. The first kappa shape index (κ1) is 19.7. The number of piperazine rings is 1. The van der Waals surface area contributed by atoms with Crippen molar-refractivity contribution < 1.29 is 14.6 Å². The predicted molar refractivity (Wildman–Crippen MR) is 110 cm³/mol. The molecule has 0 amide bonds. The van der Waals surface area contributed by atoms with Gasteiger partial charge in [0, 0.05) is 45.7 Å². The van der Waals surface area contributed by atoms with Crippen molar-refractivity contribution in [3.8, 4) is 17.6 Å². The molecule has 2 aromatic carbocycles. The zero-order chi connectivity index (χ0) is 20.1. The van der Waals surface area contributed by atoms with Gasteiger partial charge in [0.2, 0.25) is 0 Å². The minimum Gasteiger partial charge on any atom is -0.493 e. The van der Waals surface area contributed by atoms with Crippen LogP contribution in [0.4, 0.5) is 0 Å². The molecule has 2 aliphatic heterocycles. The van der Waals surface area contributed by atoms with E-state index in [0.29, 0.717) is 17.9 Å². The molecule has 1 atom stereocenters. The Morgan fingerprint density at radius 1 is 1.07 bits per heavy atom. The fourth-order valence-corrected chi connectivity index (χ4v) is 3.90. The molecule has 0 aliphatic carbocycles. The molecule has 6 nitrogen and oxygen atoms in total. The molecule has 2 aliphatic rings. The lowest BCUT2D eigenvalue weighted by molar-refractivity contribution is 0.0446. The van der Waals surface area contributed by atoms with Crippen LogP contribution in [0.5, 0.6) is 11.5 Å². The zero-order valence-corrected chi connectivity index (χ0v) is 16.6. The van der Waals surface area contributed by atoms with Crippen molar-refractivity contribution in [1.82, 2.24) is 9.80 Å². The fourth-order valence-electron chi connectivity index (χ4n) is 3.90. The van der Waals surface area contributed by atoms with Gasteiger partial charge in [-0.15, -0.1) is 0 Å². The predicted octanol–water partition coefficient (Wildman–Crippen LogP) is 2.05. The number of fused-ring (bicyclic) bond motifs is 1. The largest absolute Gasteiger partial charge is 0.493 e. The van der Waals surface area contributed by atoms with E-state index in [1.165, 1.54) is 11.1 Å². The second-order valence-corrected chi connectivity index (χ2v) is 7.72. The Bertz CT molecular complexity index is 855. The van der Waals surface area contributed by atoms with Crippen molar-refractivity contribution in [1.29, 1.82) is 5.26 Å². The number of hydrogen-bond donors (Lipinski definition) is 1. The van der Waals surface area contributed by atoms with Gasteiger partial charge in [0.15, 0.2) is 0 Å². The molecule has 1 N–H and O–H groups in total. The van der Waals surface area contributed by atoms with Gasteiger partial charge >= 0.3 is 0 Å². The summed E-state index contributed by atoms with van der Waals surface area (Å²) in [7, 11) is 0. The molecule has 1 fully saturated rings. The van der Waals surface area contributed by atoms with Gasteiger partial charge in [-0.05, 0) is 41.5 Å². The SMILES string of the molecule is N#Cc1ccc(OC[C@H](O)CN2CCN(Cc3ccc4c(c3)CCO4)CC2)cc1. The van der Waals surface area contributed by atoms with Crippen LogP contribution in [0.2, 0.25) is 0 Å². The lowest BCUT2D eigenvalue weighted by Crippen LogP contribution is -2.48. The summed E-state index contributed by atoms with van der Waals surface area (Å²) in [6.07, 6.45) is 0.480. The average Bonchev–Trinajstić information content (AvgIpc) is 3.22. The van der Waals surface area contributed by atoms with Gasteiger partial charge in [0.1, 0.15) is 24.2 Å². The Morgan fingerprint density at radius 2 is 1.83 bits per heavy atom. The molecule has 152 valence electrons. The summed E-state index contributed by atoms with van der Waals surface area (Å²) >= 11 is 0. The summed E-state index contributed by atoms with van der Waals surface area (Å²) in [5.74, 6) is 1.71. The molecule has 6 heteroatoms. The van der Waals surface area contributed by atoms with Gasteiger partial charge in [0.25, 0.3) is 0 Å². The van der Waals surface area contributed by atoms with Crippen molar-refractivity contribution in [2.75, 3.05) is 45.9 Å². The standard InChI is InChI=1S/C23H27N3O3/c24-14-18-1-4-22(5-2-18)29-17-21(27)16-26-10-8-25(9-11-26)15-19-3-6-23-20(13-19)7-12-28-23/h1-6,13,21,27H,7-12,15-17H2/t21-/m1/s1. The second-order valence-electron chi connectivity index (χ2n) is 7.72. The van der Waals surface area contributed by atoms with Crippen LogP contribution in [0.15, 0.2) is 42.5 Å². The van der Waals surface area contributed by atoms with Gasteiger partial charge in [-0.1, -0.05) is 12.1 Å². The quantitative estimate of drug-likeness (QED) is 0.777. The third kappa shape index (κ3) is 5.27. The Kier molecular flexibility index (Phi) is 6.30. The summed E-state index contributed by atoms with van der Waals surface area (Å²) in [5, 5.41) is 19.1. The maximum Gasteiger partial charge on any atom is 0.122 e. The van der Waals surface area contributed by atoms with Crippen molar-refractivity contribution in [3.05, 3.63) is 59.2 Å². The van der Waals surface area contributed by atoms with Gasteiger partial charge in [-0.2, -0.15) is 5.26 Å². The maximum absolute atomic E-state index is 10.3. The molecule has 0 aromatic heterocycles. The molecule has 1 saturated heterocycles. The molecular weight excluding hydrogens is 366 g/mol. The summed E-state index contributed by atoms with van der Waals surface area (Å²) in [5.41, 5.74) is 3.27. The van der Waals surface area contributed by atoms with E-state index in [1.807, 2.05) is 0 Å². The number of aliphatic hydroxyl groups excluding tert-OH is 1. The second kappa shape index (κ2) is 9.27. The first-order valence-corrected chi connectivity index (χ1v) is 10.2. The van der Waals surface area contributed by atoms with Crippen LogP contribution in [0.1, 0.15) is 16.7 Å². The highest BCUT2D eigenvalue weighted by molar-refractivity contribution is 5.39. The highest BCUT2D eigenvalue weighted by Crippen LogP contribution is 2.26. The van der Waals surface area contributed by atoms with Crippen molar-refractivity contribution in [3.63, 3.8) is 0 Å². The van der Waals surface area contributed by atoms with Crippen molar-refractivity contribution in [2.24, 2.45) is 0 Å². The van der Waals surface area contributed by atoms with E-state index in [2.05, 4.69) is 34.1 Å². The first-order valence-electron chi connectivity index (χ1n) is 10.2. The Balaban J connectivity index is 1.18. The molecule has 0 spiro atoms. The molecular formula is C23H27N3O3. The molecule has 4 rings (SSSR count). The molecule has 2 heterocycles. The number of aliphatic hydroxyl groups is 1. The van der Waals surface area contributed by atoms with E-state index in [1.54, 1.807) is 24.3 Å². The highest BCUT2D eigenvalue weighted by atomic mass is 16.5. The Hall–Kier alpha value is -2.59. The van der Waals surface area contributed by atoms with Gasteiger partial charge in [-0.25, -0.2) is 0 Å². The van der Waals surface area contributed by atoms with Crippen LogP contribution in [0.3, 0.4) is 0 Å². The smallest absolute Gasteiger partial charge is 0.122 e. The van der Waals surface area contributed by atoms with Gasteiger partial charge < -0.3 is 14.6 Å². The van der Waals surface area contributed by atoms with Crippen LogP contribution in [-0.2, 0) is 13.0 Å². The number of benzene rings is 2. The van der Waals surface area contributed by atoms with Crippen LogP contribution >= 0.6 is 0 Å². The molecule has 2 aromatic rings. The minimum atomic E-state index is -0.533. The van der Waals surface area contributed by atoms with E-state index in [4.69, 9.17) is 14.7 Å². The zero-order valence-electron chi connectivity index (χ0n) is 16.6. The molecule has 0 radical (unpaired) electrons. The minimum absolute atomic E-state index is 0.253. The highest BCUT2D eigenvalue weighted by Gasteiger charge is 2.20. The molecule has 0 saturated carbocycles. The summed E-state index contributed by atoms with van der Waals surface area (Å²) < 4.78 is 11.2. The maximum atomic E-state index is 10.3. The van der Waals surface area contributed by atoms with Crippen LogP contribution in [0.25, 0.3) is 0 Å². The molecule has 29 heavy (non-hydrogen) atoms. The number of ether oxygens (including phenoxy) is 2.